The van der Waals surface area contributed by atoms with Crippen LogP contribution in [0, 0.1) is 5.82 Å². The van der Waals surface area contributed by atoms with E-state index < -0.39 is 18.2 Å². The van der Waals surface area contributed by atoms with E-state index in [0.29, 0.717) is 22.7 Å². The van der Waals surface area contributed by atoms with Crippen molar-refractivity contribution in [2.24, 2.45) is 5.73 Å². The summed E-state index contributed by atoms with van der Waals surface area (Å²) in [5.41, 5.74) is 6.08. The molecule has 0 spiro atoms. The Morgan fingerprint density at radius 2 is 1.96 bits per heavy atom. The van der Waals surface area contributed by atoms with E-state index in [4.69, 9.17) is 15.2 Å². The summed E-state index contributed by atoms with van der Waals surface area (Å²) < 4.78 is 24.0. The van der Waals surface area contributed by atoms with Crippen LogP contribution in [0.25, 0.3) is 0 Å². The molecular weight excluding hydrogens is 315 g/mol. The summed E-state index contributed by atoms with van der Waals surface area (Å²) in [5.74, 6) is -0.735. The zero-order chi connectivity index (χ0) is 17.5. The van der Waals surface area contributed by atoms with Gasteiger partial charge < -0.3 is 20.5 Å². The van der Waals surface area contributed by atoms with Crippen LogP contribution in [0.3, 0.4) is 0 Å². The summed E-state index contributed by atoms with van der Waals surface area (Å²) in [4.78, 5) is 22.2. The molecule has 2 amide bonds. The van der Waals surface area contributed by atoms with E-state index in [2.05, 4.69) is 5.32 Å². The second kappa shape index (κ2) is 7.96. The lowest BCUT2D eigenvalue weighted by atomic mass is 10.2. The van der Waals surface area contributed by atoms with Crippen molar-refractivity contribution in [1.29, 1.82) is 0 Å². The zero-order valence-corrected chi connectivity index (χ0v) is 13.0. The molecule has 0 heterocycles. The fraction of sp³-hybridized carbons (Fsp3) is 0.176. The van der Waals surface area contributed by atoms with Gasteiger partial charge in [-0.1, -0.05) is 12.1 Å². The number of carbonyl (C=O) groups is 2. The van der Waals surface area contributed by atoms with Gasteiger partial charge in [0.25, 0.3) is 0 Å². The Labute approximate surface area is 138 Å². The Kier molecular flexibility index (Phi) is 5.73. The molecule has 126 valence electrons. The van der Waals surface area contributed by atoms with Gasteiger partial charge in [0.05, 0.1) is 7.11 Å². The van der Waals surface area contributed by atoms with Crippen LogP contribution in [0.15, 0.2) is 42.5 Å². The first-order valence-electron chi connectivity index (χ1n) is 7.11. The lowest BCUT2D eigenvalue weighted by Crippen LogP contribution is -2.21. The molecular formula is C17H17FN2O4. The van der Waals surface area contributed by atoms with Gasteiger partial charge >= 0.3 is 0 Å². The molecule has 2 rings (SSSR count). The molecule has 2 aromatic carbocycles. The molecule has 0 radical (unpaired) electrons. The average molecular weight is 332 g/mol. The topological polar surface area (TPSA) is 90.6 Å². The van der Waals surface area contributed by atoms with Gasteiger partial charge in [0.1, 0.15) is 18.8 Å². The number of anilines is 1. The SMILES string of the molecule is COc1cc(NC(=O)CC(N)=O)ccc1OCc1cccc(F)c1. The van der Waals surface area contributed by atoms with Gasteiger partial charge in [-0.3, -0.25) is 9.59 Å². The van der Waals surface area contributed by atoms with E-state index in [0.717, 1.165) is 0 Å². The van der Waals surface area contributed by atoms with E-state index in [-0.39, 0.29) is 12.4 Å². The van der Waals surface area contributed by atoms with Gasteiger partial charge in [0, 0.05) is 11.8 Å². The lowest BCUT2D eigenvalue weighted by Gasteiger charge is -2.13. The van der Waals surface area contributed by atoms with Gasteiger partial charge in [0.2, 0.25) is 11.8 Å². The number of halogens is 1. The maximum atomic E-state index is 13.1. The van der Waals surface area contributed by atoms with Crippen LogP contribution in [-0.2, 0) is 16.2 Å². The molecule has 0 aliphatic rings. The van der Waals surface area contributed by atoms with Crippen LogP contribution < -0.4 is 20.5 Å². The number of hydrogen-bond donors (Lipinski definition) is 2. The van der Waals surface area contributed by atoms with Crippen LogP contribution in [0.5, 0.6) is 11.5 Å². The molecule has 2 aromatic rings. The maximum absolute atomic E-state index is 13.1. The number of ether oxygens (including phenoxy) is 2. The standard InChI is InChI=1S/C17H17FN2O4/c1-23-15-8-13(20-17(22)9-16(19)21)5-6-14(15)24-10-11-3-2-4-12(18)7-11/h2-8H,9-10H2,1H3,(H2,19,21)(H,20,22). The first-order chi connectivity index (χ1) is 11.5. The predicted octanol–water partition coefficient (Wildman–Crippen LogP) is 2.23. The van der Waals surface area contributed by atoms with E-state index in [1.807, 2.05) is 0 Å². The normalized spacial score (nSPS) is 10.1. The number of hydrogen-bond acceptors (Lipinski definition) is 4. The second-order valence-electron chi connectivity index (χ2n) is 4.98. The molecule has 0 unspecified atom stereocenters. The molecule has 0 atom stereocenters. The van der Waals surface area contributed by atoms with E-state index in [1.165, 1.54) is 19.2 Å². The zero-order valence-electron chi connectivity index (χ0n) is 13.0. The highest BCUT2D eigenvalue weighted by atomic mass is 19.1. The first-order valence-corrected chi connectivity index (χ1v) is 7.11. The van der Waals surface area contributed by atoms with Gasteiger partial charge in [-0.15, -0.1) is 0 Å². The molecule has 0 bridgehead atoms. The lowest BCUT2D eigenvalue weighted by molar-refractivity contribution is -0.124. The number of nitrogens with one attached hydrogen (secondary N) is 1. The molecule has 3 N–H and O–H groups in total. The van der Waals surface area contributed by atoms with Crippen LogP contribution >= 0.6 is 0 Å². The van der Waals surface area contributed by atoms with Crippen molar-refractivity contribution in [2.75, 3.05) is 12.4 Å². The number of rotatable bonds is 7. The highest BCUT2D eigenvalue weighted by Gasteiger charge is 2.10. The summed E-state index contributed by atoms with van der Waals surface area (Å²) in [6, 6.07) is 10.8. The molecule has 0 aliphatic carbocycles. The number of amides is 2. The summed E-state index contributed by atoms with van der Waals surface area (Å²) in [5, 5.41) is 2.53. The largest absolute Gasteiger partial charge is 0.493 e. The van der Waals surface area contributed by atoms with E-state index >= 15 is 0 Å². The third kappa shape index (κ3) is 4.98. The molecule has 0 aromatic heterocycles. The van der Waals surface area contributed by atoms with Crippen molar-refractivity contribution in [3.05, 3.63) is 53.8 Å². The minimum atomic E-state index is -0.713. The Hall–Kier alpha value is -3.09. The Morgan fingerprint density at radius 3 is 2.62 bits per heavy atom. The van der Waals surface area contributed by atoms with Gasteiger partial charge in [-0.05, 0) is 29.8 Å². The first kappa shape index (κ1) is 17.3. The van der Waals surface area contributed by atoms with Crippen LogP contribution in [0.4, 0.5) is 10.1 Å². The smallest absolute Gasteiger partial charge is 0.233 e. The van der Waals surface area contributed by atoms with Gasteiger partial charge in [-0.2, -0.15) is 0 Å². The molecule has 0 saturated carbocycles. The number of nitrogens with two attached hydrogens (primary N) is 1. The molecule has 24 heavy (non-hydrogen) atoms. The molecule has 0 aliphatic heterocycles. The van der Waals surface area contributed by atoms with Crippen molar-refractivity contribution in [3.63, 3.8) is 0 Å². The predicted molar refractivity (Wildman–Crippen MR) is 86.2 cm³/mol. The highest BCUT2D eigenvalue weighted by Crippen LogP contribution is 2.31. The number of carbonyl (C=O) groups excluding carboxylic acids is 2. The fourth-order valence-corrected chi connectivity index (χ4v) is 2.02. The quantitative estimate of drug-likeness (QED) is 0.761. The highest BCUT2D eigenvalue weighted by molar-refractivity contribution is 6.03. The average Bonchev–Trinajstić information content (AvgIpc) is 2.52. The van der Waals surface area contributed by atoms with Gasteiger partial charge in [-0.25, -0.2) is 4.39 Å². The van der Waals surface area contributed by atoms with Crippen molar-refractivity contribution in [3.8, 4) is 11.5 Å². The minimum Gasteiger partial charge on any atom is -0.493 e. The van der Waals surface area contributed by atoms with E-state index in [1.54, 1.807) is 30.3 Å². The van der Waals surface area contributed by atoms with Crippen LogP contribution in [-0.4, -0.2) is 18.9 Å². The summed E-state index contributed by atoms with van der Waals surface area (Å²) >= 11 is 0. The molecule has 6 nitrogen and oxygen atoms in total. The third-order valence-electron chi connectivity index (χ3n) is 3.07. The second-order valence-corrected chi connectivity index (χ2v) is 4.98. The van der Waals surface area contributed by atoms with Crippen molar-refractivity contribution < 1.29 is 23.5 Å². The number of benzene rings is 2. The Bertz CT molecular complexity index is 749. The maximum Gasteiger partial charge on any atom is 0.233 e. The summed E-state index contributed by atoms with van der Waals surface area (Å²) in [6.45, 7) is 0.168. The third-order valence-corrected chi connectivity index (χ3v) is 3.07. The minimum absolute atomic E-state index is 0.168. The number of methoxy groups -OCH3 is 1. The summed E-state index contributed by atoms with van der Waals surface area (Å²) in [6.07, 6.45) is -0.403. The Morgan fingerprint density at radius 1 is 1.17 bits per heavy atom. The van der Waals surface area contributed by atoms with Crippen LogP contribution in [0.1, 0.15) is 12.0 Å². The molecule has 7 heteroatoms. The Balaban J connectivity index is 2.05. The monoisotopic (exact) mass is 332 g/mol. The fourth-order valence-electron chi connectivity index (χ4n) is 2.02. The van der Waals surface area contributed by atoms with Crippen molar-refractivity contribution in [1.82, 2.24) is 0 Å². The van der Waals surface area contributed by atoms with Crippen LogP contribution in [0.2, 0.25) is 0 Å². The number of primary amides is 1. The van der Waals surface area contributed by atoms with Gasteiger partial charge in [0.15, 0.2) is 11.5 Å². The van der Waals surface area contributed by atoms with Crippen molar-refractivity contribution >= 4 is 17.5 Å². The molecule has 0 saturated heterocycles. The summed E-state index contributed by atoms with van der Waals surface area (Å²) in [7, 11) is 1.46. The van der Waals surface area contributed by atoms with Crippen molar-refractivity contribution in [2.45, 2.75) is 13.0 Å². The molecule has 0 fully saturated rings. The van der Waals surface area contributed by atoms with E-state index in [9.17, 15) is 14.0 Å².